The molecule has 2 aromatic rings. The van der Waals surface area contributed by atoms with Gasteiger partial charge in [0.1, 0.15) is 5.75 Å². The van der Waals surface area contributed by atoms with Crippen LogP contribution in [0.1, 0.15) is 40.6 Å². The fraction of sp³-hybridized carbons (Fsp3) is 0.400. The van der Waals surface area contributed by atoms with Crippen LogP contribution in [0.2, 0.25) is 0 Å². The lowest BCUT2D eigenvalue weighted by atomic mass is 9.92. The molecule has 0 saturated carbocycles. The molecule has 0 aromatic carbocycles. The summed E-state index contributed by atoms with van der Waals surface area (Å²) in [7, 11) is 3.68. The molecule has 1 aliphatic rings. The average molecular weight is 286 g/mol. The van der Waals surface area contributed by atoms with Gasteiger partial charge in [-0.2, -0.15) is 5.10 Å². The van der Waals surface area contributed by atoms with Crippen molar-refractivity contribution in [2.75, 3.05) is 7.05 Å². The molecule has 0 saturated heterocycles. The van der Waals surface area contributed by atoms with Crippen LogP contribution in [-0.4, -0.2) is 37.7 Å². The third kappa shape index (κ3) is 2.26. The molecule has 1 amide bonds. The van der Waals surface area contributed by atoms with Crippen LogP contribution in [0.3, 0.4) is 0 Å². The number of rotatable bonds is 2. The van der Waals surface area contributed by atoms with Crippen molar-refractivity contribution in [3.8, 4) is 5.75 Å². The number of nitrogens with zero attached hydrogens (tertiary/aromatic N) is 4. The van der Waals surface area contributed by atoms with Crippen molar-refractivity contribution in [3.63, 3.8) is 0 Å². The van der Waals surface area contributed by atoms with E-state index < -0.39 is 0 Å². The van der Waals surface area contributed by atoms with E-state index in [1.54, 1.807) is 18.0 Å². The Morgan fingerprint density at radius 3 is 3.10 bits per heavy atom. The molecule has 2 heterocycles. The number of carbonyl (C=O) groups excluding carboxylic acids is 1. The molecular weight excluding hydrogens is 268 g/mol. The summed E-state index contributed by atoms with van der Waals surface area (Å²) in [6, 6.07) is 3.06. The van der Waals surface area contributed by atoms with E-state index in [1.807, 2.05) is 17.9 Å². The van der Waals surface area contributed by atoms with Gasteiger partial charge < -0.3 is 10.0 Å². The van der Waals surface area contributed by atoms with E-state index in [0.717, 1.165) is 24.8 Å². The molecule has 0 radical (unpaired) electrons. The van der Waals surface area contributed by atoms with Crippen LogP contribution in [0.15, 0.2) is 24.5 Å². The fourth-order valence-corrected chi connectivity index (χ4v) is 2.96. The van der Waals surface area contributed by atoms with Crippen molar-refractivity contribution in [1.29, 1.82) is 0 Å². The number of hydrogen-bond acceptors (Lipinski definition) is 4. The standard InChI is InChI=1S/C15H18N4O2/c1-18(15(21)14-13(20)7-4-8-16-14)11-5-3-6-12-10(11)9-17-19(12)2/h4,7-9,11,20H,3,5-6H2,1-2H3/t11-/m0/s1. The minimum atomic E-state index is -0.269. The van der Waals surface area contributed by atoms with Gasteiger partial charge in [0.05, 0.1) is 12.2 Å². The predicted molar refractivity (Wildman–Crippen MR) is 76.9 cm³/mol. The zero-order valence-corrected chi connectivity index (χ0v) is 12.2. The second-order valence-electron chi connectivity index (χ2n) is 5.37. The van der Waals surface area contributed by atoms with Gasteiger partial charge in [0.15, 0.2) is 5.69 Å². The smallest absolute Gasteiger partial charge is 0.276 e. The lowest BCUT2D eigenvalue weighted by Gasteiger charge is -2.31. The van der Waals surface area contributed by atoms with Crippen LogP contribution in [-0.2, 0) is 13.5 Å². The van der Waals surface area contributed by atoms with Crippen LogP contribution in [0.25, 0.3) is 0 Å². The first-order valence-electron chi connectivity index (χ1n) is 7.01. The maximum absolute atomic E-state index is 12.6. The number of hydrogen-bond donors (Lipinski definition) is 1. The van der Waals surface area contributed by atoms with Crippen LogP contribution < -0.4 is 0 Å². The first-order valence-corrected chi connectivity index (χ1v) is 7.01. The summed E-state index contributed by atoms with van der Waals surface area (Å²) in [5.41, 5.74) is 2.36. The van der Waals surface area contributed by atoms with E-state index in [9.17, 15) is 9.90 Å². The topological polar surface area (TPSA) is 71.2 Å². The summed E-state index contributed by atoms with van der Waals surface area (Å²) in [5, 5.41) is 14.1. The third-order valence-electron chi connectivity index (χ3n) is 4.12. The van der Waals surface area contributed by atoms with Gasteiger partial charge in [0.25, 0.3) is 5.91 Å². The van der Waals surface area contributed by atoms with Crippen molar-refractivity contribution in [2.24, 2.45) is 7.05 Å². The minimum Gasteiger partial charge on any atom is -0.505 e. The Hall–Kier alpha value is -2.37. The lowest BCUT2D eigenvalue weighted by Crippen LogP contribution is -2.33. The molecule has 0 unspecified atom stereocenters. The second-order valence-corrected chi connectivity index (χ2v) is 5.37. The number of amides is 1. The average Bonchev–Trinajstić information content (AvgIpc) is 2.88. The molecular formula is C15H18N4O2. The van der Waals surface area contributed by atoms with Crippen molar-refractivity contribution < 1.29 is 9.90 Å². The monoisotopic (exact) mass is 286 g/mol. The molecule has 0 spiro atoms. The summed E-state index contributed by atoms with van der Waals surface area (Å²) in [5.74, 6) is -0.355. The number of fused-ring (bicyclic) bond motifs is 1. The molecule has 0 aliphatic heterocycles. The molecule has 21 heavy (non-hydrogen) atoms. The van der Waals surface area contributed by atoms with Crippen molar-refractivity contribution in [2.45, 2.75) is 25.3 Å². The predicted octanol–water partition coefficient (Wildman–Crippen LogP) is 1.67. The Morgan fingerprint density at radius 2 is 2.33 bits per heavy atom. The number of aromatic nitrogens is 3. The van der Waals surface area contributed by atoms with Gasteiger partial charge in [-0.05, 0) is 31.4 Å². The van der Waals surface area contributed by atoms with Gasteiger partial charge >= 0.3 is 0 Å². The fourth-order valence-electron chi connectivity index (χ4n) is 2.96. The molecule has 1 aliphatic carbocycles. The Morgan fingerprint density at radius 1 is 1.52 bits per heavy atom. The maximum Gasteiger partial charge on any atom is 0.276 e. The summed E-state index contributed by atoms with van der Waals surface area (Å²) >= 11 is 0. The van der Waals surface area contributed by atoms with Gasteiger partial charge in [0.2, 0.25) is 0 Å². The second kappa shape index (κ2) is 5.20. The van der Waals surface area contributed by atoms with Gasteiger partial charge in [-0.15, -0.1) is 0 Å². The van der Waals surface area contributed by atoms with Crippen LogP contribution in [0, 0.1) is 0 Å². The zero-order chi connectivity index (χ0) is 15.0. The largest absolute Gasteiger partial charge is 0.505 e. The summed E-state index contributed by atoms with van der Waals surface area (Å²) in [4.78, 5) is 18.2. The lowest BCUT2D eigenvalue weighted by molar-refractivity contribution is 0.0705. The number of aryl methyl sites for hydroxylation is 1. The van der Waals surface area contributed by atoms with E-state index in [-0.39, 0.29) is 23.4 Å². The quantitative estimate of drug-likeness (QED) is 0.911. The van der Waals surface area contributed by atoms with Crippen molar-refractivity contribution in [3.05, 3.63) is 41.5 Å². The molecule has 6 nitrogen and oxygen atoms in total. The summed E-state index contributed by atoms with van der Waals surface area (Å²) in [6.45, 7) is 0. The van der Waals surface area contributed by atoms with E-state index in [2.05, 4.69) is 10.1 Å². The molecule has 0 fully saturated rings. The number of carbonyl (C=O) groups is 1. The van der Waals surface area contributed by atoms with Crippen molar-refractivity contribution in [1.82, 2.24) is 19.7 Å². The molecule has 6 heteroatoms. The maximum atomic E-state index is 12.6. The van der Waals surface area contributed by atoms with Gasteiger partial charge in [-0.25, -0.2) is 4.98 Å². The molecule has 0 bridgehead atoms. The molecule has 1 atom stereocenters. The number of pyridine rings is 1. The Labute approximate surface area is 123 Å². The van der Waals surface area contributed by atoms with Crippen LogP contribution >= 0.6 is 0 Å². The first-order chi connectivity index (χ1) is 10.1. The Balaban J connectivity index is 1.91. The Bertz CT molecular complexity index is 680. The minimum absolute atomic E-state index is 0.0173. The Kier molecular flexibility index (Phi) is 3.37. The molecule has 110 valence electrons. The highest BCUT2D eigenvalue weighted by atomic mass is 16.3. The van der Waals surface area contributed by atoms with Crippen LogP contribution in [0.5, 0.6) is 5.75 Å². The highest BCUT2D eigenvalue weighted by Crippen LogP contribution is 2.34. The van der Waals surface area contributed by atoms with Gasteiger partial charge in [-0.3, -0.25) is 9.48 Å². The number of aromatic hydroxyl groups is 1. The van der Waals surface area contributed by atoms with Gasteiger partial charge in [-0.1, -0.05) is 0 Å². The van der Waals surface area contributed by atoms with Gasteiger partial charge in [0, 0.05) is 31.5 Å². The summed E-state index contributed by atoms with van der Waals surface area (Å²) in [6.07, 6.45) is 6.25. The third-order valence-corrected chi connectivity index (χ3v) is 4.12. The van der Waals surface area contributed by atoms with E-state index in [4.69, 9.17) is 0 Å². The van der Waals surface area contributed by atoms with E-state index >= 15 is 0 Å². The molecule has 3 rings (SSSR count). The normalized spacial score (nSPS) is 17.3. The molecule has 2 aromatic heterocycles. The van der Waals surface area contributed by atoms with E-state index in [1.165, 1.54) is 18.0 Å². The van der Waals surface area contributed by atoms with Crippen LogP contribution in [0.4, 0.5) is 0 Å². The van der Waals surface area contributed by atoms with E-state index in [0.29, 0.717) is 0 Å². The highest BCUT2D eigenvalue weighted by molar-refractivity contribution is 5.94. The first kappa shape index (κ1) is 13.6. The summed E-state index contributed by atoms with van der Waals surface area (Å²) < 4.78 is 1.87. The zero-order valence-electron chi connectivity index (χ0n) is 12.2. The highest BCUT2D eigenvalue weighted by Gasteiger charge is 2.30. The molecule has 1 N–H and O–H groups in total. The SMILES string of the molecule is CN(C(=O)c1ncccc1O)[C@H]1CCCc2c1cnn2C. The van der Waals surface area contributed by atoms with Crippen molar-refractivity contribution >= 4 is 5.91 Å².